The molecule has 2 aliphatic rings. The number of fused-ring (bicyclic) bond motifs is 1. The lowest BCUT2D eigenvalue weighted by Crippen LogP contribution is -2.29. The minimum absolute atomic E-state index is 0.00939. The fourth-order valence-corrected chi connectivity index (χ4v) is 5.76. The maximum atomic E-state index is 13.2. The van der Waals surface area contributed by atoms with E-state index in [1.54, 1.807) is 23.8 Å². The first-order valence-electron chi connectivity index (χ1n) is 9.42. The van der Waals surface area contributed by atoms with Gasteiger partial charge in [0, 0.05) is 24.6 Å². The van der Waals surface area contributed by atoms with Crippen LogP contribution in [0.4, 0.5) is 11.4 Å². The van der Waals surface area contributed by atoms with Crippen LogP contribution in [0.5, 0.6) is 5.75 Å². The second-order valence-corrected chi connectivity index (χ2v) is 8.97. The first kappa shape index (κ1) is 19.9. The molecule has 1 amide bonds. The molecule has 5 nitrogen and oxygen atoms in total. The van der Waals surface area contributed by atoms with Crippen molar-refractivity contribution in [3.8, 4) is 5.75 Å². The predicted octanol–water partition coefficient (Wildman–Crippen LogP) is 5.31. The number of hydrogen-bond acceptors (Lipinski definition) is 6. The van der Waals surface area contributed by atoms with Crippen molar-refractivity contribution in [2.75, 3.05) is 25.6 Å². The number of nitrogens with zero attached hydrogens (tertiary/aromatic N) is 3. The SMILES string of the molecule is CCN1C(=O)/C(=C2/Sc3ccc(OC)cc3N2C)SC1=Nc1ccc(C)cc1C. The molecule has 29 heavy (non-hydrogen) atoms. The number of methoxy groups -OCH3 is 1. The Bertz CT molecular complexity index is 1060. The Balaban J connectivity index is 1.73. The third-order valence-corrected chi connectivity index (χ3v) is 7.41. The van der Waals surface area contributed by atoms with Crippen LogP contribution in [-0.4, -0.2) is 36.7 Å². The van der Waals surface area contributed by atoms with E-state index in [2.05, 4.69) is 17.9 Å². The minimum Gasteiger partial charge on any atom is -0.497 e. The minimum atomic E-state index is 0.00939. The molecular formula is C22H23N3O2S2. The third-order valence-electron chi connectivity index (χ3n) is 4.98. The second kappa shape index (κ2) is 7.80. The van der Waals surface area contributed by atoms with E-state index in [9.17, 15) is 4.79 Å². The van der Waals surface area contributed by atoms with Gasteiger partial charge in [-0.1, -0.05) is 29.5 Å². The highest BCUT2D eigenvalue weighted by atomic mass is 32.2. The van der Waals surface area contributed by atoms with E-state index in [-0.39, 0.29) is 5.91 Å². The zero-order chi connectivity index (χ0) is 20.7. The number of thioether (sulfide) groups is 2. The molecule has 0 aliphatic carbocycles. The summed E-state index contributed by atoms with van der Waals surface area (Å²) >= 11 is 3.07. The fourth-order valence-electron chi connectivity index (χ4n) is 3.38. The quantitative estimate of drug-likeness (QED) is 0.624. The molecule has 0 aromatic heterocycles. The van der Waals surface area contributed by atoms with Gasteiger partial charge in [0.1, 0.15) is 10.7 Å². The molecular weight excluding hydrogens is 402 g/mol. The van der Waals surface area contributed by atoms with Gasteiger partial charge in [-0.15, -0.1) is 0 Å². The van der Waals surface area contributed by atoms with Gasteiger partial charge < -0.3 is 9.64 Å². The summed E-state index contributed by atoms with van der Waals surface area (Å²) < 4.78 is 5.36. The summed E-state index contributed by atoms with van der Waals surface area (Å²) in [6, 6.07) is 12.2. The Morgan fingerprint density at radius 3 is 2.59 bits per heavy atom. The summed E-state index contributed by atoms with van der Waals surface area (Å²) in [6.45, 7) is 6.68. The van der Waals surface area contributed by atoms with Crippen LogP contribution in [0.15, 0.2) is 56.2 Å². The molecule has 2 aromatic carbocycles. The maximum Gasteiger partial charge on any atom is 0.269 e. The summed E-state index contributed by atoms with van der Waals surface area (Å²) in [5.74, 6) is 0.815. The van der Waals surface area contributed by atoms with Crippen molar-refractivity contribution in [2.45, 2.75) is 25.7 Å². The van der Waals surface area contributed by atoms with Crippen LogP contribution in [0.25, 0.3) is 0 Å². The molecule has 150 valence electrons. The summed E-state index contributed by atoms with van der Waals surface area (Å²) in [4.78, 5) is 23.7. The number of carbonyl (C=O) groups excluding carboxylic acids is 1. The summed E-state index contributed by atoms with van der Waals surface area (Å²) in [5.41, 5.74) is 4.26. The molecule has 2 aromatic rings. The average molecular weight is 426 g/mol. The van der Waals surface area contributed by atoms with Crippen LogP contribution in [0, 0.1) is 13.8 Å². The van der Waals surface area contributed by atoms with Crippen molar-refractivity contribution in [1.29, 1.82) is 0 Å². The van der Waals surface area contributed by atoms with Crippen LogP contribution in [-0.2, 0) is 4.79 Å². The van der Waals surface area contributed by atoms with Crippen molar-refractivity contribution < 1.29 is 9.53 Å². The normalized spacial score (nSPS) is 20.0. The molecule has 0 spiro atoms. The van der Waals surface area contributed by atoms with Gasteiger partial charge in [0.05, 0.1) is 23.5 Å². The Morgan fingerprint density at radius 2 is 1.90 bits per heavy atom. The highest BCUT2D eigenvalue weighted by Gasteiger charge is 2.38. The van der Waals surface area contributed by atoms with Gasteiger partial charge in [-0.05, 0) is 56.3 Å². The van der Waals surface area contributed by atoms with E-state index in [1.165, 1.54) is 17.3 Å². The summed E-state index contributed by atoms with van der Waals surface area (Å²) in [7, 11) is 3.65. The van der Waals surface area contributed by atoms with Crippen LogP contribution >= 0.6 is 23.5 Å². The van der Waals surface area contributed by atoms with Crippen molar-refractivity contribution in [2.24, 2.45) is 4.99 Å². The number of ether oxygens (including phenoxy) is 1. The Hall–Kier alpha value is -2.38. The zero-order valence-corrected chi connectivity index (χ0v) is 18.8. The molecule has 0 bridgehead atoms. The number of likely N-dealkylation sites (N-methyl/N-ethyl adjacent to an activating group) is 1. The number of benzene rings is 2. The second-order valence-electron chi connectivity index (χ2n) is 6.96. The Labute approximate surface area is 179 Å². The van der Waals surface area contributed by atoms with E-state index in [0.29, 0.717) is 6.54 Å². The zero-order valence-electron chi connectivity index (χ0n) is 17.1. The molecule has 0 unspecified atom stereocenters. The van der Waals surface area contributed by atoms with Crippen LogP contribution < -0.4 is 9.64 Å². The van der Waals surface area contributed by atoms with E-state index >= 15 is 0 Å². The Kier molecular flexibility index (Phi) is 5.36. The van der Waals surface area contributed by atoms with E-state index in [4.69, 9.17) is 9.73 Å². The smallest absolute Gasteiger partial charge is 0.269 e. The lowest BCUT2D eigenvalue weighted by atomic mass is 10.1. The fraction of sp³-hybridized carbons (Fsp3) is 0.273. The van der Waals surface area contributed by atoms with Gasteiger partial charge in [-0.25, -0.2) is 4.99 Å². The molecule has 0 radical (unpaired) electrons. The molecule has 1 fully saturated rings. The molecule has 2 aliphatic heterocycles. The highest BCUT2D eigenvalue weighted by Crippen LogP contribution is 2.51. The number of aryl methyl sites for hydroxylation is 2. The van der Waals surface area contributed by atoms with E-state index in [1.807, 2.05) is 51.2 Å². The van der Waals surface area contributed by atoms with Gasteiger partial charge in [0.25, 0.3) is 5.91 Å². The lowest BCUT2D eigenvalue weighted by molar-refractivity contribution is -0.122. The largest absolute Gasteiger partial charge is 0.497 e. The molecule has 2 heterocycles. The van der Waals surface area contributed by atoms with Gasteiger partial charge in [-0.2, -0.15) is 0 Å². The van der Waals surface area contributed by atoms with Crippen LogP contribution in [0.2, 0.25) is 0 Å². The highest BCUT2D eigenvalue weighted by molar-refractivity contribution is 8.19. The van der Waals surface area contributed by atoms with Gasteiger partial charge in [-0.3, -0.25) is 9.69 Å². The van der Waals surface area contributed by atoms with E-state index in [0.717, 1.165) is 42.7 Å². The van der Waals surface area contributed by atoms with E-state index < -0.39 is 0 Å². The van der Waals surface area contributed by atoms with Crippen LogP contribution in [0.1, 0.15) is 18.1 Å². The monoisotopic (exact) mass is 425 g/mol. The molecule has 1 saturated heterocycles. The van der Waals surface area contributed by atoms with Crippen molar-refractivity contribution in [3.63, 3.8) is 0 Å². The molecule has 7 heteroatoms. The van der Waals surface area contributed by atoms with Crippen molar-refractivity contribution in [1.82, 2.24) is 4.90 Å². The number of amidine groups is 1. The summed E-state index contributed by atoms with van der Waals surface area (Å²) in [5, 5.41) is 1.67. The van der Waals surface area contributed by atoms with Crippen molar-refractivity contribution >= 4 is 46.0 Å². The number of hydrogen-bond donors (Lipinski definition) is 0. The molecule has 0 atom stereocenters. The summed E-state index contributed by atoms with van der Waals surface area (Å²) in [6.07, 6.45) is 0. The molecule has 0 saturated carbocycles. The molecule has 0 N–H and O–H groups in total. The first-order valence-corrected chi connectivity index (χ1v) is 11.1. The standard InChI is InChI=1S/C22H23N3O2S2/c1-6-25-20(26)19(29-22(25)23-16-9-7-13(2)11-14(16)3)21-24(4)17-12-15(27-5)8-10-18(17)28-21/h7-12H,6H2,1-5H3/b21-19-,23-22?. The maximum absolute atomic E-state index is 13.2. The number of carbonyl (C=O) groups is 1. The number of amides is 1. The van der Waals surface area contributed by atoms with Crippen LogP contribution in [0.3, 0.4) is 0 Å². The van der Waals surface area contributed by atoms with Crippen molar-refractivity contribution in [3.05, 3.63) is 57.5 Å². The Morgan fingerprint density at radius 1 is 1.10 bits per heavy atom. The first-order chi connectivity index (χ1) is 13.9. The third kappa shape index (κ3) is 3.53. The number of rotatable bonds is 3. The van der Waals surface area contributed by atoms with Gasteiger partial charge >= 0.3 is 0 Å². The molecule has 4 rings (SSSR count). The number of aliphatic imine (C=N–C) groups is 1. The van der Waals surface area contributed by atoms with Gasteiger partial charge in [0.2, 0.25) is 0 Å². The average Bonchev–Trinajstić information content (AvgIpc) is 3.20. The number of anilines is 1. The topological polar surface area (TPSA) is 45.1 Å². The van der Waals surface area contributed by atoms with Gasteiger partial charge in [0.15, 0.2) is 5.17 Å². The predicted molar refractivity (Wildman–Crippen MR) is 122 cm³/mol. The lowest BCUT2D eigenvalue weighted by Gasteiger charge is -2.15.